The van der Waals surface area contributed by atoms with Crippen LogP contribution in [-0.2, 0) is 0 Å². The van der Waals surface area contributed by atoms with Gasteiger partial charge < -0.3 is 10.6 Å². The zero-order valence-electron chi connectivity index (χ0n) is 11.2. The van der Waals surface area contributed by atoms with Crippen molar-refractivity contribution in [3.05, 3.63) is 29.8 Å². The van der Waals surface area contributed by atoms with Crippen LogP contribution >= 0.6 is 0 Å². The molecule has 0 radical (unpaired) electrons. The summed E-state index contributed by atoms with van der Waals surface area (Å²) < 4.78 is 0. The van der Waals surface area contributed by atoms with Crippen molar-refractivity contribution in [2.75, 3.05) is 18.0 Å². The van der Waals surface area contributed by atoms with Crippen molar-refractivity contribution >= 4 is 5.69 Å². The van der Waals surface area contributed by atoms with E-state index in [0.29, 0.717) is 5.41 Å². The van der Waals surface area contributed by atoms with Crippen LogP contribution in [0, 0.1) is 5.41 Å². The predicted molar refractivity (Wildman–Crippen MR) is 74.3 cm³/mol. The van der Waals surface area contributed by atoms with Gasteiger partial charge in [0.25, 0.3) is 0 Å². The molecule has 0 unspecified atom stereocenters. The molecular formula is C15H24N2. The van der Waals surface area contributed by atoms with Crippen LogP contribution in [0.25, 0.3) is 0 Å². The van der Waals surface area contributed by atoms with Crippen LogP contribution in [0.15, 0.2) is 24.3 Å². The Labute approximate surface area is 105 Å². The predicted octanol–water partition coefficient (Wildman–Crippen LogP) is 3.33. The third kappa shape index (κ3) is 2.81. The Bertz CT molecular complexity index is 372. The molecule has 17 heavy (non-hydrogen) atoms. The lowest BCUT2D eigenvalue weighted by Gasteiger charge is -2.39. The number of nitrogens with zero attached hydrogens (tertiary/aromatic N) is 1. The first-order valence-electron chi connectivity index (χ1n) is 6.59. The number of benzene rings is 1. The van der Waals surface area contributed by atoms with E-state index in [2.05, 4.69) is 49.9 Å². The average Bonchev–Trinajstić information content (AvgIpc) is 2.29. The van der Waals surface area contributed by atoms with Gasteiger partial charge in [-0.3, -0.25) is 0 Å². The lowest BCUT2D eigenvalue weighted by molar-refractivity contribution is 0.279. The molecule has 1 atom stereocenters. The van der Waals surface area contributed by atoms with E-state index >= 15 is 0 Å². The highest BCUT2D eigenvalue weighted by Crippen LogP contribution is 2.34. The van der Waals surface area contributed by atoms with Gasteiger partial charge in [0.05, 0.1) is 0 Å². The summed E-state index contributed by atoms with van der Waals surface area (Å²) in [7, 11) is 0. The first-order valence-corrected chi connectivity index (χ1v) is 6.59. The molecule has 94 valence electrons. The standard InChI is InChI=1S/C15H24N2/c1-12(16)13-6-4-5-7-14(13)17-10-8-15(2,3)9-11-17/h4-7,12H,8-11,16H2,1-3H3/t12-/m0/s1. The van der Waals surface area contributed by atoms with E-state index < -0.39 is 0 Å². The van der Waals surface area contributed by atoms with Crippen molar-refractivity contribution in [2.45, 2.75) is 39.7 Å². The SMILES string of the molecule is C[C@H](N)c1ccccc1N1CCC(C)(C)CC1. The number of para-hydroxylation sites is 1. The first kappa shape index (κ1) is 12.4. The van der Waals surface area contributed by atoms with Crippen molar-refractivity contribution in [3.8, 4) is 0 Å². The molecule has 1 fully saturated rings. The smallest absolute Gasteiger partial charge is 0.0414 e. The van der Waals surface area contributed by atoms with Crippen LogP contribution in [0.3, 0.4) is 0 Å². The summed E-state index contributed by atoms with van der Waals surface area (Å²) in [5, 5.41) is 0. The monoisotopic (exact) mass is 232 g/mol. The Morgan fingerprint density at radius 1 is 1.18 bits per heavy atom. The second kappa shape index (κ2) is 4.69. The molecule has 0 saturated carbocycles. The zero-order chi connectivity index (χ0) is 12.5. The van der Waals surface area contributed by atoms with E-state index in [1.165, 1.54) is 24.1 Å². The van der Waals surface area contributed by atoms with E-state index in [1.807, 2.05) is 0 Å². The van der Waals surface area contributed by atoms with Gasteiger partial charge in [-0.05, 0) is 36.8 Å². The largest absolute Gasteiger partial charge is 0.371 e. The van der Waals surface area contributed by atoms with Crippen LogP contribution in [0.4, 0.5) is 5.69 Å². The molecule has 2 heteroatoms. The third-order valence-corrected chi connectivity index (χ3v) is 3.89. The highest BCUT2D eigenvalue weighted by molar-refractivity contribution is 5.55. The number of hydrogen-bond donors (Lipinski definition) is 1. The fraction of sp³-hybridized carbons (Fsp3) is 0.600. The molecule has 0 spiro atoms. The number of hydrogen-bond acceptors (Lipinski definition) is 2. The fourth-order valence-electron chi connectivity index (χ4n) is 2.51. The minimum absolute atomic E-state index is 0.112. The second-order valence-electron chi connectivity index (χ2n) is 6.00. The van der Waals surface area contributed by atoms with Gasteiger partial charge in [0.2, 0.25) is 0 Å². The van der Waals surface area contributed by atoms with Crippen LogP contribution in [-0.4, -0.2) is 13.1 Å². The van der Waals surface area contributed by atoms with E-state index in [4.69, 9.17) is 5.73 Å². The zero-order valence-corrected chi connectivity index (χ0v) is 11.2. The Balaban J connectivity index is 2.18. The highest BCUT2D eigenvalue weighted by Gasteiger charge is 2.26. The van der Waals surface area contributed by atoms with Crippen LogP contribution < -0.4 is 10.6 Å². The van der Waals surface area contributed by atoms with Gasteiger partial charge in [-0.15, -0.1) is 0 Å². The molecule has 1 saturated heterocycles. The van der Waals surface area contributed by atoms with Gasteiger partial charge in [-0.25, -0.2) is 0 Å². The molecule has 2 N–H and O–H groups in total. The van der Waals surface area contributed by atoms with Gasteiger partial charge in [0.15, 0.2) is 0 Å². The summed E-state index contributed by atoms with van der Waals surface area (Å²) in [6.45, 7) is 9.09. The molecule has 1 heterocycles. The molecule has 0 aromatic heterocycles. The van der Waals surface area contributed by atoms with Gasteiger partial charge >= 0.3 is 0 Å². The minimum atomic E-state index is 0.112. The maximum atomic E-state index is 6.05. The third-order valence-electron chi connectivity index (χ3n) is 3.89. The molecule has 2 nitrogen and oxygen atoms in total. The van der Waals surface area contributed by atoms with Crippen molar-refractivity contribution in [3.63, 3.8) is 0 Å². The second-order valence-corrected chi connectivity index (χ2v) is 6.00. The van der Waals surface area contributed by atoms with E-state index in [1.54, 1.807) is 0 Å². The molecule has 0 amide bonds. The molecule has 0 aliphatic carbocycles. The Kier molecular flexibility index (Phi) is 3.43. The number of rotatable bonds is 2. The van der Waals surface area contributed by atoms with Gasteiger partial charge in [0.1, 0.15) is 0 Å². The summed E-state index contributed by atoms with van der Waals surface area (Å²) in [4.78, 5) is 2.49. The summed E-state index contributed by atoms with van der Waals surface area (Å²) in [5.74, 6) is 0. The van der Waals surface area contributed by atoms with Crippen LogP contribution in [0.2, 0.25) is 0 Å². The molecule has 1 aliphatic rings. The van der Waals surface area contributed by atoms with E-state index in [9.17, 15) is 0 Å². The summed E-state index contributed by atoms with van der Waals surface area (Å²) in [6.07, 6.45) is 2.53. The molecule has 1 aromatic rings. The Morgan fingerprint density at radius 2 is 1.76 bits per heavy atom. The Morgan fingerprint density at radius 3 is 2.35 bits per heavy atom. The van der Waals surface area contributed by atoms with Gasteiger partial charge in [-0.2, -0.15) is 0 Å². The highest BCUT2D eigenvalue weighted by atomic mass is 15.1. The average molecular weight is 232 g/mol. The summed E-state index contributed by atoms with van der Waals surface area (Å²) >= 11 is 0. The first-order chi connectivity index (χ1) is 7.99. The quantitative estimate of drug-likeness (QED) is 0.847. The number of anilines is 1. The molecule has 2 rings (SSSR count). The summed E-state index contributed by atoms with van der Waals surface area (Å²) in [5.41, 5.74) is 9.15. The van der Waals surface area contributed by atoms with Crippen molar-refractivity contribution < 1.29 is 0 Å². The molecular weight excluding hydrogens is 208 g/mol. The molecule has 0 bridgehead atoms. The lowest BCUT2D eigenvalue weighted by atomic mass is 9.82. The summed E-state index contributed by atoms with van der Waals surface area (Å²) in [6, 6.07) is 8.66. The van der Waals surface area contributed by atoms with Crippen LogP contribution in [0.5, 0.6) is 0 Å². The van der Waals surface area contributed by atoms with Crippen LogP contribution in [0.1, 0.15) is 45.2 Å². The lowest BCUT2D eigenvalue weighted by Crippen LogP contribution is -2.38. The van der Waals surface area contributed by atoms with Crippen molar-refractivity contribution in [2.24, 2.45) is 11.1 Å². The van der Waals surface area contributed by atoms with E-state index in [-0.39, 0.29) is 6.04 Å². The normalized spacial score (nSPS) is 21.3. The van der Waals surface area contributed by atoms with Crippen molar-refractivity contribution in [1.82, 2.24) is 0 Å². The Hall–Kier alpha value is -1.02. The van der Waals surface area contributed by atoms with E-state index in [0.717, 1.165) is 13.1 Å². The number of nitrogens with two attached hydrogens (primary N) is 1. The van der Waals surface area contributed by atoms with Crippen molar-refractivity contribution in [1.29, 1.82) is 0 Å². The fourth-order valence-corrected chi connectivity index (χ4v) is 2.51. The van der Waals surface area contributed by atoms with Gasteiger partial charge in [0, 0.05) is 24.8 Å². The molecule has 1 aromatic carbocycles. The molecule has 1 aliphatic heterocycles. The number of piperidine rings is 1. The maximum Gasteiger partial charge on any atom is 0.0414 e. The minimum Gasteiger partial charge on any atom is -0.371 e. The van der Waals surface area contributed by atoms with Gasteiger partial charge in [-0.1, -0.05) is 32.0 Å². The topological polar surface area (TPSA) is 29.3 Å². The maximum absolute atomic E-state index is 6.05.